The van der Waals surface area contributed by atoms with Gasteiger partial charge in [-0.2, -0.15) is 12.7 Å². The van der Waals surface area contributed by atoms with Crippen LogP contribution in [0.2, 0.25) is 0 Å². The van der Waals surface area contributed by atoms with Crippen molar-refractivity contribution in [2.75, 3.05) is 33.2 Å². The molecule has 1 amide bonds. The van der Waals surface area contributed by atoms with Crippen molar-refractivity contribution in [3.05, 3.63) is 35.6 Å². The quantitative estimate of drug-likeness (QED) is 0.848. The second-order valence-electron chi connectivity index (χ2n) is 5.08. The van der Waals surface area contributed by atoms with Crippen LogP contribution in [0.3, 0.4) is 0 Å². The number of hydrogen-bond acceptors (Lipinski definition) is 3. The molecule has 0 saturated carbocycles. The van der Waals surface area contributed by atoms with E-state index >= 15 is 0 Å². The molecule has 1 fully saturated rings. The molecule has 0 aromatic heterocycles. The third-order valence-electron chi connectivity index (χ3n) is 3.76. The van der Waals surface area contributed by atoms with E-state index in [4.69, 9.17) is 0 Å². The molecule has 1 heterocycles. The molecule has 22 heavy (non-hydrogen) atoms. The average molecular weight is 329 g/mol. The molecule has 1 aromatic carbocycles. The zero-order valence-corrected chi connectivity index (χ0v) is 13.3. The van der Waals surface area contributed by atoms with Gasteiger partial charge in [-0.3, -0.25) is 4.79 Å². The maximum absolute atomic E-state index is 13.5. The zero-order valence-electron chi connectivity index (χ0n) is 12.5. The number of halogens is 1. The van der Waals surface area contributed by atoms with Gasteiger partial charge in [0.15, 0.2) is 0 Å². The van der Waals surface area contributed by atoms with Gasteiger partial charge < -0.3 is 4.90 Å². The highest BCUT2D eigenvalue weighted by atomic mass is 32.2. The van der Waals surface area contributed by atoms with Gasteiger partial charge in [0.1, 0.15) is 5.82 Å². The predicted molar refractivity (Wildman–Crippen MR) is 80.9 cm³/mol. The summed E-state index contributed by atoms with van der Waals surface area (Å²) in [4.78, 5) is 13.8. The molecule has 1 aliphatic heterocycles. The first-order chi connectivity index (χ1) is 10.4. The summed E-state index contributed by atoms with van der Waals surface area (Å²) in [6.07, 6.45) is 0.570. The fourth-order valence-electron chi connectivity index (χ4n) is 2.41. The summed E-state index contributed by atoms with van der Waals surface area (Å²) in [6, 6.07) is 6.40. The molecule has 8 heteroatoms. The van der Waals surface area contributed by atoms with Crippen molar-refractivity contribution in [3.8, 4) is 0 Å². The van der Waals surface area contributed by atoms with E-state index in [2.05, 4.69) is 4.72 Å². The van der Waals surface area contributed by atoms with Crippen LogP contribution in [0.1, 0.15) is 12.0 Å². The minimum absolute atomic E-state index is 0.0789. The van der Waals surface area contributed by atoms with E-state index in [0.29, 0.717) is 25.1 Å². The van der Waals surface area contributed by atoms with E-state index in [0.717, 1.165) is 0 Å². The van der Waals surface area contributed by atoms with Crippen LogP contribution in [0, 0.1) is 5.82 Å². The number of piperazine rings is 1. The summed E-state index contributed by atoms with van der Waals surface area (Å²) in [7, 11) is -2.07. The van der Waals surface area contributed by atoms with Gasteiger partial charge in [-0.15, -0.1) is 0 Å². The lowest BCUT2D eigenvalue weighted by atomic mass is 10.1. The maximum Gasteiger partial charge on any atom is 0.279 e. The summed E-state index contributed by atoms with van der Waals surface area (Å²) >= 11 is 0. The molecule has 0 atom stereocenters. The molecular weight excluding hydrogens is 309 g/mol. The third kappa shape index (κ3) is 4.02. The van der Waals surface area contributed by atoms with Crippen molar-refractivity contribution < 1.29 is 17.6 Å². The molecule has 0 spiro atoms. The van der Waals surface area contributed by atoms with E-state index in [1.54, 1.807) is 23.1 Å². The summed E-state index contributed by atoms with van der Waals surface area (Å²) < 4.78 is 40.4. The molecule has 0 radical (unpaired) electrons. The Hall–Kier alpha value is -1.51. The summed E-state index contributed by atoms with van der Waals surface area (Å²) in [6.45, 7) is 1.26. The predicted octanol–water partition coefficient (Wildman–Crippen LogP) is 0.367. The van der Waals surface area contributed by atoms with E-state index in [9.17, 15) is 17.6 Å². The first-order valence-electron chi connectivity index (χ1n) is 7.14. The lowest BCUT2D eigenvalue weighted by Gasteiger charge is -2.33. The molecule has 0 unspecified atom stereocenters. The number of carbonyl (C=O) groups excluding carboxylic acids is 1. The number of hydrogen-bond donors (Lipinski definition) is 1. The van der Waals surface area contributed by atoms with Crippen LogP contribution in [-0.2, 0) is 21.4 Å². The Kier molecular flexibility index (Phi) is 5.49. The van der Waals surface area contributed by atoms with Crippen molar-refractivity contribution in [1.29, 1.82) is 0 Å². The molecule has 0 aliphatic carbocycles. The molecule has 1 aliphatic rings. The highest BCUT2D eigenvalue weighted by Crippen LogP contribution is 2.12. The van der Waals surface area contributed by atoms with Crippen molar-refractivity contribution in [2.45, 2.75) is 12.8 Å². The third-order valence-corrected chi connectivity index (χ3v) is 5.32. The van der Waals surface area contributed by atoms with Crippen LogP contribution < -0.4 is 4.72 Å². The van der Waals surface area contributed by atoms with Gasteiger partial charge in [-0.1, -0.05) is 18.2 Å². The summed E-state index contributed by atoms with van der Waals surface area (Å²) in [5.41, 5.74) is 0.521. The number of nitrogens with zero attached hydrogens (tertiary/aromatic N) is 2. The Bertz CT molecular complexity index is 628. The SMILES string of the molecule is CNS(=O)(=O)N1CCN(C(=O)CCc2ccccc2F)CC1. The molecule has 1 N–H and O–H groups in total. The average Bonchev–Trinajstić information content (AvgIpc) is 2.54. The largest absolute Gasteiger partial charge is 0.340 e. The number of carbonyl (C=O) groups is 1. The summed E-state index contributed by atoms with van der Waals surface area (Å²) in [5.74, 6) is -0.384. The first-order valence-corrected chi connectivity index (χ1v) is 8.58. The van der Waals surface area contributed by atoms with Crippen LogP contribution in [0.4, 0.5) is 4.39 Å². The Morgan fingerprint density at radius 2 is 1.86 bits per heavy atom. The van der Waals surface area contributed by atoms with Gasteiger partial charge in [0, 0.05) is 39.6 Å². The van der Waals surface area contributed by atoms with E-state index < -0.39 is 10.2 Å². The molecule has 122 valence electrons. The van der Waals surface area contributed by atoms with E-state index in [1.807, 2.05) is 0 Å². The molecule has 6 nitrogen and oxygen atoms in total. The minimum atomic E-state index is -3.44. The highest BCUT2D eigenvalue weighted by Gasteiger charge is 2.27. The van der Waals surface area contributed by atoms with E-state index in [-0.39, 0.29) is 31.2 Å². The zero-order chi connectivity index (χ0) is 16.2. The first kappa shape index (κ1) is 16.9. The molecule has 1 saturated heterocycles. The number of rotatable bonds is 5. The van der Waals surface area contributed by atoms with Crippen molar-refractivity contribution in [1.82, 2.24) is 13.9 Å². The van der Waals surface area contributed by atoms with Crippen LogP contribution in [0.25, 0.3) is 0 Å². The van der Waals surface area contributed by atoms with E-state index in [1.165, 1.54) is 17.4 Å². The fourth-order valence-corrected chi connectivity index (χ4v) is 3.31. The van der Waals surface area contributed by atoms with Gasteiger partial charge >= 0.3 is 0 Å². The number of benzene rings is 1. The number of nitrogens with one attached hydrogen (secondary N) is 1. The number of aryl methyl sites for hydroxylation is 1. The van der Waals surface area contributed by atoms with Crippen molar-refractivity contribution in [3.63, 3.8) is 0 Å². The Labute approximate surface area is 130 Å². The van der Waals surface area contributed by atoms with Gasteiger partial charge in [-0.25, -0.2) is 9.11 Å². The minimum Gasteiger partial charge on any atom is -0.340 e. The lowest BCUT2D eigenvalue weighted by molar-refractivity contribution is -0.132. The summed E-state index contributed by atoms with van der Waals surface area (Å²) in [5, 5.41) is 0. The lowest BCUT2D eigenvalue weighted by Crippen LogP contribution is -2.52. The standard InChI is InChI=1S/C14H20FN3O3S/c1-16-22(20,21)18-10-8-17(9-11-18)14(19)7-6-12-4-2-3-5-13(12)15/h2-5,16H,6-11H2,1H3. The van der Waals surface area contributed by atoms with Gasteiger partial charge in [0.25, 0.3) is 10.2 Å². The second kappa shape index (κ2) is 7.17. The fraction of sp³-hybridized carbons (Fsp3) is 0.500. The van der Waals surface area contributed by atoms with Crippen molar-refractivity contribution in [2.24, 2.45) is 0 Å². The Balaban J connectivity index is 1.84. The van der Waals surface area contributed by atoms with Crippen molar-refractivity contribution >= 4 is 16.1 Å². The second-order valence-corrected chi connectivity index (χ2v) is 6.96. The molecular formula is C14H20FN3O3S. The van der Waals surface area contributed by atoms with Crippen LogP contribution in [0.15, 0.2) is 24.3 Å². The normalized spacial score (nSPS) is 16.7. The van der Waals surface area contributed by atoms with Crippen LogP contribution in [0.5, 0.6) is 0 Å². The molecule has 1 aromatic rings. The molecule has 2 rings (SSSR count). The topological polar surface area (TPSA) is 69.7 Å². The van der Waals surface area contributed by atoms with Crippen LogP contribution >= 0.6 is 0 Å². The molecule has 0 bridgehead atoms. The maximum atomic E-state index is 13.5. The Morgan fingerprint density at radius 3 is 2.45 bits per heavy atom. The smallest absolute Gasteiger partial charge is 0.279 e. The van der Waals surface area contributed by atoms with Crippen LogP contribution in [-0.4, -0.2) is 56.8 Å². The Morgan fingerprint density at radius 1 is 1.23 bits per heavy atom. The van der Waals surface area contributed by atoms with Gasteiger partial charge in [0.2, 0.25) is 5.91 Å². The monoisotopic (exact) mass is 329 g/mol. The van der Waals surface area contributed by atoms with Gasteiger partial charge in [-0.05, 0) is 18.1 Å². The highest BCUT2D eigenvalue weighted by molar-refractivity contribution is 7.87. The van der Waals surface area contributed by atoms with Gasteiger partial charge in [0.05, 0.1) is 0 Å². The number of amides is 1.